The number of aromatic amines is 1. The lowest BCUT2D eigenvalue weighted by Crippen LogP contribution is -2.12. The van der Waals surface area contributed by atoms with Gasteiger partial charge in [-0.15, -0.1) is 16.4 Å². The van der Waals surface area contributed by atoms with Gasteiger partial charge in [-0.3, -0.25) is 15.2 Å². The normalized spacial score (nSPS) is 11.2. The average molecular weight is 286 g/mol. The number of rotatable bonds is 3. The van der Waals surface area contributed by atoms with Gasteiger partial charge in [-0.25, -0.2) is 0 Å². The van der Waals surface area contributed by atoms with Gasteiger partial charge >= 0.3 is 0 Å². The van der Waals surface area contributed by atoms with Crippen molar-refractivity contribution in [3.63, 3.8) is 0 Å². The van der Waals surface area contributed by atoms with Crippen LogP contribution in [0.5, 0.6) is 0 Å². The third kappa shape index (κ3) is 2.30. The number of hydrogen-bond acceptors (Lipinski definition) is 4. The van der Waals surface area contributed by atoms with Crippen molar-refractivity contribution in [1.82, 2.24) is 15.2 Å². The molecule has 0 spiro atoms. The number of nitrogens with zero attached hydrogens (tertiary/aromatic N) is 2. The summed E-state index contributed by atoms with van der Waals surface area (Å²) in [4.78, 5) is 16.5. The molecule has 0 saturated carbocycles. The molecule has 1 amide bonds. The van der Waals surface area contributed by atoms with Crippen LogP contribution < -0.4 is 5.32 Å². The third-order valence-electron chi connectivity index (χ3n) is 3.00. The smallest absolute Gasteiger partial charge is 0.259 e. The number of nitrogens with one attached hydrogen (secondary N) is 2. The standard InChI is InChI=1S/C14H14N4OS/c1-8(2)12-15-14(18-17-12)16-13(19)10-7-20-11-6-4-3-5-9(10)11/h3-8H,1-2H3,(H2,15,16,17,18,19). The zero-order valence-corrected chi connectivity index (χ0v) is 12.0. The van der Waals surface area contributed by atoms with E-state index in [4.69, 9.17) is 0 Å². The molecule has 1 aromatic carbocycles. The molecule has 5 nitrogen and oxygen atoms in total. The lowest BCUT2D eigenvalue weighted by molar-refractivity contribution is 0.102. The van der Waals surface area contributed by atoms with Crippen LogP contribution in [0.1, 0.15) is 35.9 Å². The number of amides is 1. The molecule has 0 atom stereocenters. The molecule has 6 heteroatoms. The first-order chi connectivity index (χ1) is 9.65. The number of H-pyrrole nitrogens is 1. The van der Waals surface area contributed by atoms with Crippen molar-refractivity contribution in [2.24, 2.45) is 0 Å². The molecule has 2 N–H and O–H groups in total. The molecule has 2 heterocycles. The van der Waals surface area contributed by atoms with Gasteiger partial charge in [-0.1, -0.05) is 32.0 Å². The highest BCUT2D eigenvalue weighted by molar-refractivity contribution is 7.17. The molecule has 102 valence electrons. The number of fused-ring (bicyclic) bond motifs is 1. The van der Waals surface area contributed by atoms with E-state index in [9.17, 15) is 4.79 Å². The summed E-state index contributed by atoms with van der Waals surface area (Å²) in [5, 5.41) is 12.4. The van der Waals surface area contributed by atoms with Crippen LogP contribution in [0.4, 0.5) is 5.95 Å². The van der Waals surface area contributed by atoms with Crippen LogP contribution in [0.25, 0.3) is 10.1 Å². The Balaban J connectivity index is 1.85. The van der Waals surface area contributed by atoms with Crippen LogP contribution in [0.2, 0.25) is 0 Å². The lowest BCUT2D eigenvalue weighted by atomic mass is 10.2. The summed E-state index contributed by atoms with van der Waals surface area (Å²) < 4.78 is 1.09. The van der Waals surface area contributed by atoms with Gasteiger partial charge in [0.1, 0.15) is 5.82 Å². The largest absolute Gasteiger partial charge is 0.289 e. The van der Waals surface area contributed by atoms with E-state index in [0.717, 1.165) is 15.9 Å². The number of thiophene rings is 1. The van der Waals surface area contributed by atoms with Crippen molar-refractivity contribution in [2.75, 3.05) is 5.32 Å². The Kier molecular flexibility index (Phi) is 3.23. The molecule has 0 unspecified atom stereocenters. The van der Waals surface area contributed by atoms with E-state index in [1.54, 1.807) is 11.3 Å². The third-order valence-corrected chi connectivity index (χ3v) is 3.96. The van der Waals surface area contributed by atoms with Crippen LogP contribution in [0.15, 0.2) is 29.6 Å². The minimum absolute atomic E-state index is 0.184. The van der Waals surface area contributed by atoms with Crippen LogP contribution >= 0.6 is 11.3 Å². The van der Waals surface area contributed by atoms with Gasteiger partial charge in [0.25, 0.3) is 5.91 Å². The molecule has 0 aliphatic carbocycles. The fourth-order valence-corrected chi connectivity index (χ4v) is 2.85. The molecule has 0 aliphatic heterocycles. The maximum Gasteiger partial charge on any atom is 0.259 e. The Morgan fingerprint density at radius 3 is 2.90 bits per heavy atom. The van der Waals surface area contributed by atoms with Crippen molar-refractivity contribution in [2.45, 2.75) is 19.8 Å². The number of anilines is 1. The van der Waals surface area contributed by atoms with E-state index < -0.39 is 0 Å². The average Bonchev–Trinajstić information content (AvgIpc) is 3.04. The van der Waals surface area contributed by atoms with Crippen LogP contribution in [0, 0.1) is 0 Å². The van der Waals surface area contributed by atoms with E-state index >= 15 is 0 Å². The van der Waals surface area contributed by atoms with Gasteiger partial charge in [0.05, 0.1) is 5.56 Å². The highest BCUT2D eigenvalue weighted by Crippen LogP contribution is 2.26. The van der Waals surface area contributed by atoms with Gasteiger partial charge in [0.2, 0.25) is 5.95 Å². The number of carbonyl (C=O) groups is 1. The Morgan fingerprint density at radius 2 is 2.15 bits per heavy atom. The molecule has 0 saturated heterocycles. The van der Waals surface area contributed by atoms with Gasteiger partial charge in [-0.05, 0) is 6.07 Å². The SMILES string of the molecule is CC(C)c1nc(NC(=O)c2csc3ccccc23)n[nH]1. The summed E-state index contributed by atoms with van der Waals surface area (Å²) in [6.07, 6.45) is 0. The Morgan fingerprint density at radius 1 is 1.35 bits per heavy atom. The minimum atomic E-state index is -0.184. The molecule has 0 radical (unpaired) electrons. The van der Waals surface area contributed by atoms with Crippen LogP contribution in [-0.2, 0) is 0 Å². The molecule has 0 fully saturated rings. The second-order valence-electron chi connectivity index (χ2n) is 4.80. The van der Waals surface area contributed by atoms with Crippen molar-refractivity contribution in [3.05, 3.63) is 41.0 Å². The van der Waals surface area contributed by atoms with E-state index in [0.29, 0.717) is 11.5 Å². The molecule has 0 aliphatic rings. The Labute approximate surface area is 120 Å². The topological polar surface area (TPSA) is 70.7 Å². The van der Waals surface area contributed by atoms with Gasteiger partial charge in [0.15, 0.2) is 0 Å². The first-order valence-corrected chi connectivity index (χ1v) is 7.23. The maximum atomic E-state index is 12.3. The summed E-state index contributed by atoms with van der Waals surface area (Å²) in [5.74, 6) is 1.14. The molecule has 0 bridgehead atoms. The number of benzene rings is 1. The Hall–Kier alpha value is -2.21. The molecular formula is C14H14N4OS. The van der Waals surface area contributed by atoms with E-state index in [1.165, 1.54) is 0 Å². The predicted molar refractivity (Wildman–Crippen MR) is 80.2 cm³/mol. The lowest BCUT2D eigenvalue weighted by Gasteiger charge is -1.99. The summed E-state index contributed by atoms with van der Waals surface area (Å²) in [7, 11) is 0. The molecule has 2 aromatic heterocycles. The van der Waals surface area contributed by atoms with Crippen LogP contribution in [0.3, 0.4) is 0 Å². The zero-order valence-electron chi connectivity index (χ0n) is 11.2. The second-order valence-corrected chi connectivity index (χ2v) is 5.71. The van der Waals surface area contributed by atoms with Crippen LogP contribution in [-0.4, -0.2) is 21.1 Å². The monoisotopic (exact) mass is 286 g/mol. The van der Waals surface area contributed by atoms with Gasteiger partial charge in [0, 0.05) is 21.4 Å². The van der Waals surface area contributed by atoms with E-state index in [1.807, 2.05) is 43.5 Å². The van der Waals surface area contributed by atoms with E-state index in [-0.39, 0.29) is 11.8 Å². The summed E-state index contributed by atoms with van der Waals surface area (Å²) >= 11 is 1.55. The molecular weight excluding hydrogens is 272 g/mol. The van der Waals surface area contributed by atoms with Gasteiger partial charge in [-0.2, -0.15) is 4.98 Å². The molecule has 3 rings (SSSR count). The molecule has 20 heavy (non-hydrogen) atoms. The van der Waals surface area contributed by atoms with Crippen molar-refractivity contribution >= 4 is 33.3 Å². The minimum Gasteiger partial charge on any atom is -0.289 e. The molecule has 3 aromatic rings. The second kappa shape index (κ2) is 5.05. The van der Waals surface area contributed by atoms with E-state index in [2.05, 4.69) is 20.5 Å². The van der Waals surface area contributed by atoms with Gasteiger partial charge < -0.3 is 0 Å². The highest BCUT2D eigenvalue weighted by atomic mass is 32.1. The predicted octanol–water partition coefficient (Wildman–Crippen LogP) is 3.40. The summed E-state index contributed by atoms with van der Waals surface area (Å²) in [5.41, 5.74) is 0.654. The van der Waals surface area contributed by atoms with Crippen molar-refractivity contribution in [1.29, 1.82) is 0 Å². The Bertz CT molecular complexity index is 759. The number of carbonyl (C=O) groups excluding carboxylic acids is 1. The zero-order chi connectivity index (χ0) is 14.1. The fourth-order valence-electron chi connectivity index (χ4n) is 1.91. The summed E-state index contributed by atoms with van der Waals surface area (Å²) in [6.45, 7) is 4.02. The van der Waals surface area contributed by atoms with Crippen molar-refractivity contribution < 1.29 is 4.79 Å². The summed E-state index contributed by atoms with van der Waals surface area (Å²) in [6, 6.07) is 7.83. The first kappa shape index (κ1) is 12.8. The first-order valence-electron chi connectivity index (χ1n) is 6.35. The maximum absolute atomic E-state index is 12.3. The number of aromatic nitrogens is 3. The fraction of sp³-hybridized carbons (Fsp3) is 0.214. The quantitative estimate of drug-likeness (QED) is 0.775. The highest BCUT2D eigenvalue weighted by Gasteiger charge is 2.14. The number of hydrogen-bond donors (Lipinski definition) is 2. The van der Waals surface area contributed by atoms with Crippen molar-refractivity contribution in [3.8, 4) is 0 Å².